The van der Waals surface area contributed by atoms with E-state index in [9.17, 15) is 9.90 Å². The summed E-state index contributed by atoms with van der Waals surface area (Å²) in [6, 6.07) is 3.63. The van der Waals surface area contributed by atoms with Crippen molar-refractivity contribution >= 4 is 23.1 Å². The average molecular weight is 338 g/mol. The van der Waals surface area contributed by atoms with Crippen LogP contribution in [0.4, 0.5) is 0 Å². The smallest absolute Gasteiger partial charge is 0.343 e. The van der Waals surface area contributed by atoms with Gasteiger partial charge in [0, 0.05) is 31.0 Å². The molecule has 1 saturated heterocycles. The van der Waals surface area contributed by atoms with Gasteiger partial charge in [0.2, 0.25) is 0 Å². The second-order valence-corrected chi connectivity index (χ2v) is 6.54. The third-order valence-corrected chi connectivity index (χ3v) is 5.13. The van der Waals surface area contributed by atoms with E-state index in [-0.39, 0.29) is 11.3 Å². The zero-order valence-corrected chi connectivity index (χ0v) is 14.2. The Morgan fingerprint density at radius 3 is 2.52 bits per heavy atom. The Hall–Kier alpha value is -1.56. The summed E-state index contributed by atoms with van der Waals surface area (Å²) < 4.78 is 5.61. The van der Waals surface area contributed by atoms with Gasteiger partial charge in [0.05, 0.1) is 7.11 Å². The fourth-order valence-corrected chi connectivity index (χ4v) is 3.48. The number of aryl methyl sites for hydroxylation is 2. The second-order valence-electron chi connectivity index (χ2n) is 6.14. The van der Waals surface area contributed by atoms with Gasteiger partial charge < -0.3 is 14.7 Å². The van der Waals surface area contributed by atoms with Crippen LogP contribution in [0.15, 0.2) is 17.9 Å². The summed E-state index contributed by atoms with van der Waals surface area (Å²) in [5.74, 6) is -0.443. The standard InChI is InChI=1S/C17H20ClNO4/c1-10-9-13(18)11(2)8-12(10)14-15(20)17(23-16(14)21)4-6-19(22-3)7-5-17/h8-9,20H,4-7H2,1-3H3. The molecule has 3 rings (SSSR count). The fourth-order valence-electron chi connectivity index (χ4n) is 3.26. The fraction of sp³-hybridized carbons (Fsp3) is 0.471. The van der Waals surface area contributed by atoms with Crippen LogP contribution in [0.1, 0.15) is 29.5 Å². The molecule has 2 aliphatic heterocycles. The maximum atomic E-state index is 12.4. The number of aliphatic hydroxyl groups excluding tert-OH is 1. The molecule has 0 saturated carbocycles. The Bertz CT molecular complexity index is 690. The van der Waals surface area contributed by atoms with Crippen molar-refractivity contribution in [2.45, 2.75) is 32.3 Å². The molecule has 0 aliphatic carbocycles. The van der Waals surface area contributed by atoms with Gasteiger partial charge in [-0.15, -0.1) is 0 Å². The summed E-state index contributed by atoms with van der Waals surface area (Å²) in [6.07, 6.45) is 1.01. The summed E-state index contributed by atoms with van der Waals surface area (Å²) in [7, 11) is 1.61. The van der Waals surface area contributed by atoms with Gasteiger partial charge in [-0.1, -0.05) is 11.6 Å². The van der Waals surface area contributed by atoms with Crippen LogP contribution < -0.4 is 0 Å². The predicted octanol–water partition coefficient (Wildman–Crippen LogP) is 3.18. The maximum Gasteiger partial charge on any atom is 0.343 e. The van der Waals surface area contributed by atoms with Crippen LogP contribution >= 0.6 is 11.6 Å². The minimum absolute atomic E-state index is 0.0306. The monoisotopic (exact) mass is 337 g/mol. The summed E-state index contributed by atoms with van der Waals surface area (Å²) in [5.41, 5.74) is 1.70. The Labute approximate surface area is 140 Å². The van der Waals surface area contributed by atoms with Crippen LogP contribution in [0, 0.1) is 13.8 Å². The highest BCUT2D eigenvalue weighted by Crippen LogP contribution is 2.44. The van der Waals surface area contributed by atoms with Crippen molar-refractivity contribution in [3.05, 3.63) is 39.6 Å². The Morgan fingerprint density at radius 2 is 1.91 bits per heavy atom. The van der Waals surface area contributed by atoms with E-state index in [1.165, 1.54) is 0 Å². The van der Waals surface area contributed by atoms with Gasteiger partial charge in [0.15, 0.2) is 11.4 Å². The molecule has 0 atom stereocenters. The third-order valence-electron chi connectivity index (χ3n) is 4.72. The SMILES string of the molecule is CON1CCC2(CC1)OC(=O)C(c1cc(C)c(Cl)cc1C)=C2O. The quantitative estimate of drug-likeness (QED) is 0.840. The molecule has 1 fully saturated rings. The third kappa shape index (κ3) is 2.63. The number of hydrogen-bond acceptors (Lipinski definition) is 5. The topological polar surface area (TPSA) is 59.0 Å². The number of piperidine rings is 1. The van der Waals surface area contributed by atoms with Crippen molar-refractivity contribution in [3.63, 3.8) is 0 Å². The first-order valence-corrected chi connectivity index (χ1v) is 7.99. The normalized spacial score (nSPS) is 21.1. The van der Waals surface area contributed by atoms with Gasteiger partial charge in [-0.25, -0.2) is 4.79 Å². The number of benzene rings is 1. The van der Waals surface area contributed by atoms with E-state index < -0.39 is 11.6 Å². The number of carbonyl (C=O) groups is 1. The summed E-state index contributed by atoms with van der Waals surface area (Å²) in [6.45, 7) is 4.93. The zero-order valence-electron chi connectivity index (χ0n) is 13.5. The van der Waals surface area contributed by atoms with E-state index in [2.05, 4.69) is 0 Å². The lowest BCUT2D eigenvalue weighted by atomic mass is 9.87. The molecule has 0 radical (unpaired) electrons. The molecule has 23 heavy (non-hydrogen) atoms. The number of nitrogens with zero attached hydrogens (tertiary/aromatic N) is 1. The maximum absolute atomic E-state index is 12.4. The molecule has 0 unspecified atom stereocenters. The molecule has 1 N–H and O–H groups in total. The van der Waals surface area contributed by atoms with Crippen LogP contribution in [-0.2, 0) is 14.4 Å². The van der Waals surface area contributed by atoms with Crippen molar-refractivity contribution in [1.29, 1.82) is 0 Å². The summed E-state index contributed by atoms with van der Waals surface area (Å²) >= 11 is 6.13. The number of esters is 1. The van der Waals surface area contributed by atoms with E-state index >= 15 is 0 Å². The van der Waals surface area contributed by atoms with Crippen molar-refractivity contribution in [2.24, 2.45) is 0 Å². The van der Waals surface area contributed by atoms with Gasteiger partial charge in [-0.05, 0) is 42.7 Å². The van der Waals surface area contributed by atoms with E-state index in [1.807, 2.05) is 19.9 Å². The molecule has 1 spiro atoms. The minimum Gasteiger partial charge on any atom is -0.507 e. The van der Waals surface area contributed by atoms with Crippen molar-refractivity contribution < 1.29 is 19.5 Å². The number of halogens is 1. The molecular weight excluding hydrogens is 318 g/mol. The number of hydroxylamine groups is 2. The minimum atomic E-state index is -0.929. The van der Waals surface area contributed by atoms with E-state index in [0.29, 0.717) is 36.5 Å². The van der Waals surface area contributed by atoms with E-state index in [1.54, 1.807) is 18.2 Å². The summed E-state index contributed by atoms with van der Waals surface area (Å²) in [5, 5.41) is 13.2. The van der Waals surface area contributed by atoms with Crippen molar-refractivity contribution in [1.82, 2.24) is 5.06 Å². The van der Waals surface area contributed by atoms with Gasteiger partial charge in [-0.3, -0.25) is 0 Å². The average Bonchev–Trinajstić information content (AvgIpc) is 2.75. The molecule has 6 heteroatoms. The molecular formula is C17H20ClNO4. The van der Waals surface area contributed by atoms with Crippen LogP contribution in [0.3, 0.4) is 0 Å². The number of hydrogen-bond donors (Lipinski definition) is 1. The molecule has 2 heterocycles. The molecule has 0 amide bonds. The number of aliphatic hydroxyl groups is 1. The van der Waals surface area contributed by atoms with Gasteiger partial charge in [0.25, 0.3) is 0 Å². The first-order valence-electron chi connectivity index (χ1n) is 7.61. The zero-order chi connectivity index (χ0) is 16.8. The number of carbonyl (C=O) groups excluding carboxylic acids is 1. The lowest BCUT2D eigenvalue weighted by Gasteiger charge is -2.36. The molecule has 0 aromatic heterocycles. The number of rotatable bonds is 2. The summed E-state index contributed by atoms with van der Waals surface area (Å²) in [4.78, 5) is 17.6. The van der Waals surface area contributed by atoms with Crippen LogP contribution in [0.2, 0.25) is 5.02 Å². The van der Waals surface area contributed by atoms with Crippen LogP contribution in [-0.4, -0.2) is 41.9 Å². The first kappa shape index (κ1) is 16.3. The first-order chi connectivity index (χ1) is 10.9. The van der Waals surface area contributed by atoms with Crippen molar-refractivity contribution in [3.8, 4) is 0 Å². The van der Waals surface area contributed by atoms with E-state index in [0.717, 1.165) is 11.1 Å². The second kappa shape index (κ2) is 5.82. The lowest BCUT2D eigenvalue weighted by molar-refractivity contribution is -0.182. The van der Waals surface area contributed by atoms with E-state index in [4.69, 9.17) is 21.2 Å². The molecule has 2 aliphatic rings. The Balaban J connectivity index is 2.02. The Kier molecular flexibility index (Phi) is 4.12. The van der Waals surface area contributed by atoms with Gasteiger partial charge in [0.1, 0.15) is 5.57 Å². The lowest BCUT2D eigenvalue weighted by Crippen LogP contribution is -2.45. The largest absolute Gasteiger partial charge is 0.507 e. The highest BCUT2D eigenvalue weighted by atomic mass is 35.5. The van der Waals surface area contributed by atoms with Crippen LogP contribution in [0.5, 0.6) is 0 Å². The highest BCUT2D eigenvalue weighted by Gasteiger charge is 2.50. The van der Waals surface area contributed by atoms with Gasteiger partial charge >= 0.3 is 5.97 Å². The molecule has 124 valence electrons. The molecule has 1 aromatic carbocycles. The van der Waals surface area contributed by atoms with Crippen molar-refractivity contribution in [2.75, 3.05) is 20.2 Å². The molecule has 5 nitrogen and oxygen atoms in total. The highest BCUT2D eigenvalue weighted by molar-refractivity contribution is 6.31. The molecule has 0 bridgehead atoms. The Morgan fingerprint density at radius 1 is 1.26 bits per heavy atom. The molecule has 1 aromatic rings. The number of ether oxygens (including phenoxy) is 1. The van der Waals surface area contributed by atoms with Crippen LogP contribution in [0.25, 0.3) is 5.57 Å². The predicted molar refractivity (Wildman–Crippen MR) is 87.1 cm³/mol. The van der Waals surface area contributed by atoms with Gasteiger partial charge in [-0.2, -0.15) is 5.06 Å².